The van der Waals surface area contributed by atoms with Crippen LogP contribution in [0, 0.1) is 5.82 Å². The van der Waals surface area contributed by atoms with Crippen LogP contribution in [0.3, 0.4) is 0 Å². The molecule has 160 valence electrons. The number of nitrogen functional groups attached to an aromatic ring is 1. The lowest BCUT2D eigenvalue weighted by atomic mass is 10.1. The lowest BCUT2D eigenvalue weighted by Crippen LogP contribution is -2.08. The zero-order valence-electron chi connectivity index (χ0n) is 17.0. The van der Waals surface area contributed by atoms with Crippen LogP contribution in [0.25, 0.3) is 22.4 Å². The summed E-state index contributed by atoms with van der Waals surface area (Å²) in [5, 5.41) is 0.206. The van der Waals surface area contributed by atoms with E-state index in [2.05, 4.69) is 9.97 Å². The van der Waals surface area contributed by atoms with Crippen LogP contribution in [0.5, 0.6) is 11.5 Å². The summed E-state index contributed by atoms with van der Waals surface area (Å²) in [6, 6.07) is 10.0. The molecule has 4 aromatic rings. The predicted molar refractivity (Wildman–Crippen MR) is 120 cm³/mol. The first-order chi connectivity index (χ1) is 14.8. The van der Waals surface area contributed by atoms with Crippen LogP contribution in [0.2, 0.25) is 10.0 Å². The molecule has 2 aromatic carbocycles. The third-order valence-electron chi connectivity index (χ3n) is 5.02. The molecule has 0 fully saturated rings. The summed E-state index contributed by atoms with van der Waals surface area (Å²) in [6.07, 6.45) is 0.952. The van der Waals surface area contributed by atoms with E-state index < -0.39 is 11.9 Å². The third kappa shape index (κ3) is 3.86. The number of ether oxygens (including phenoxy) is 2. The number of hydrogen-bond donors (Lipinski definition) is 1. The summed E-state index contributed by atoms with van der Waals surface area (Å²) >= 11 is 12.3. The van der Waals surface area contributed by atoms with Crippen molar-refractivity contribution in [2.75, 3.05) is 12.8 Å². The van der Waals surface area contributed by atoms with E-state index in [-0.39, 0.29) is 10.8 Å². The average molecular weight is 461 g/mol. The molecule has 0 amide bonds. The molecule has 0 spiro atoms. The number of pyridine rings is 1. The molecule has 0 saturated heterocycles. The second-order valence-corrected chi connectivity index (χ2v) is 7.76. The Morgan fingerprint density at radius 2 is 1.94 bits per heavy atom. The van der Waals surface area contributed by atoms with Gasteiger partial charge in [0.25, 0.3) is 0 Å². The Bertz CT molecular complexity index is 1290. The number of hydrogen-bond acceptors (Lipinski definition) is 5. The van der Waals surface area contributed by atoms with Gasteiger partial charge in [-0.1, -0.05) is 23.2 Å². The number of fused-ring (bicyclic) bond motifs is 1. The molecular formula is C22H19Cl2FN4O2. The average Bonchev–Trinajstić information content (AvgIpc) is 3.08. The molecule has 2 aromatic heterocycles. The van der Waals surface area contributed by atoms with E-state index in [1.54, 1.807) is 26.3 Å². The second kappa shape index (κ2) is 8.24. The smallest absolute Gasteiger partial charge is 0.166 e. The first-order valence-corrected chi connectivity index (χ1v) is 10.1. The number of nitrogens with zero attached hydrogens (tertiary/aromatic N) is 3. The third-order valence-corrected chi connectivity index (χ3v) is 5.73. The van der Waals surface area contributed by atoms with Gasteiger partial charge in [0.1, 0.15) is 23.5 Å². The van der Waals surface area contributed by atoms with Crippen LogP contribution in [-0.2, 0) is 7.05 Å². The van der Waals surface area contributed by atoms with Gasteiger partial charge in [-0.25, -0.2) is 14.4 Å². The lowest BCUT2D eigenvalue weighted by Gasteiger charge is -2.19. The van der Waals surface area contributed by atoms with E-state index in [0.717, 1.165) is 16.8 Å². The van der Waals surface area contributed by atoms with Gasteiger partial charge in [-0.05, 0) is 37.3 Å². The Kier molecular flexibility index (Phi) is 5.64. The highest BCUT2D eigenvalue weighted by molar-refractivity contribution is 6.36. The number of nitrogens with two attached hydrogens (primary N) is 1. The Morgan fingerprint density at radius 1 is 1.16 bits per heavy atom. The van der Waals surface area contributed by atoms with Crippen molar-refractivity contribution in [3.63, 3.8) is 0 Å². The number of anilines is 1. The number of benzene rings is 2. The van der Waals surface area contributed by atoms with Crippen molar-refractivity contribution in [1.82, 2.24) is 14.5 Å². The fourth-order valence-electron chi connectivity index (χ4n) is 3.39. The van der Waals surface area contributed by atoms with Crippen molar-refractivity contribution in [2.45, 2.75) is 13.0 Å². The van der Waals surface area contributed by atoms with Gasteiger partial charge in [-0.15, -0.1) is 0 Å². The fourth-order valence-corrected chi connectivity index (χ4v) is 4.07. The van der Waals surface area contributed by atoms with E-state index in [1.807, 2.05) is 29.8 Å². The molecule has 6 nitrogen and oxygen atoms in total. The zero-order valence-corrected chi connectivity index (χ0v) is 18.5. The first-order valence-electron chi connectivity index (χ1n) is 9.36. The van der Waals surface area contributed by atoms with Crippen LogP contribution in [0.4, 0.5) is 10.2 Å². The molecule has 9 heteroatoms. The Morgan fingerprint density at radius 3 is 2.68 bits per heavy atom. The van der Waals surface area contributed by atoms with Crippen LogP contribution < -0.4 is 15.2 Å². The fraction of sp³-hybridized carbons (Fsp3) is 0.182. The van der Waals surface area contributed by atoms with Crippen LogP contribution in [0.1, 0.15) is 18.6 Å². The topological polar surface area (TPSA) is 75.2 Å². The molecule has 0 aliphatic carbocycles. The molecule has 0 radical (unpaired) electrons. The molecule has 1 unspecified atom stereocenters. The number of methoxy groups -OCH3 is 1. The molecule has 2 N–H and O–H groups in total. The summed E-state index contributed by atoms with van der Waals surface area (Å²) in [4.78, 5) is 8.93. The van der Waals surface area contributed by atoms with Gasteiger partial charge in [0, 0.05) is 35.5 Å². The highest BCUT2D eigenvalue weighted by Gasteiger charge is 2.21. The van der Waals surface area contributed by atoms with Crippen molar-refractivity contribution in [3.05, 3.63) is 64.0 Å². The highest BCUT2D eigenvalue weighted by atomic mass is 35.5. The largest absolute Gasteiger partial charge is 0.497 e. The number of imidazole rings is 1. The maximum atomic E-state index is 13.9. The number of aromatic nitrogens is 3. The quantitative estimate of drug-likeness (QED) is 0.380. The molecule has 0 bridgehead atoms. The van der Waals surface area contributed by atoms with Crippen molar-refractivity contribution >= 4 is 40.1 Å². The molecule has 0 aliphatic rings. The summed E-state index contributed by atoms with van der Waals surface area (Å²) in [5.41, 5.74) is 8.78. The summed E-state index contributed by atoms with van der Waals surface area (Å²) in [5.74, 6) is 1.33. The molecule has 2 heterocycles. The van der Waals surface area contributed by atoms with E-state index in [4.69, 9.17) is 38.4 Å². The molecule has 0 aliphatic heterocycles. The standard InChI is InChI=1S/C22H19Cl2FN4O2/c1-11(19-14(23)5-6-15(25)20(19)24)31-18-8-12(10-27-21(18)26)22-28-16-7-4-13(30-3)9-17(16)29(22)2/h4-11H,1-3H3,(H2,26,27). The van der Waals surface area contributed by atoms with Crippen molar-refractivity contribution in [1.29, 1.82) is 0 Å². The molecule has 4 rings (SSSR count). The Balaban J connectivity index is 1.72. The van der Waals surface area contributed by atoms with Crippen molar-refractivity contribution in [2.24, 2.45) is 7.05 Å². The van der Waals surface area contributed by atoms with Crippen LogP contribution in [0.15, 0.2) is 42.6 Å². The molecular weight excluding hydrogens is 442 g/mol. The second-order valence-electron chi connectivity index (χ2n) is 6.97. The first kappa shape index (κ1) is 21.2. The van der Waals surface area contributed by atoms with Gasteiger partial charge in [-0.3, -0.25) is 0 Å². The summed E-state index contributed by atoms with van der Waals surface area (Å²) in [6.45, 7) is 1.71. The van der Waals surface area contributed by atoms with Crippen molar-refractivity contribution < 1.29 is 13.9 Å². The van der Waals surface area contributed by atoms with E-state index in [9.17, 15) is 4.39 Å². The number of halogens is 3. The minimum absolute atomic E-state index is 0.0908. The van der Waals surface area contributed by atoms with E-state index in [0.29, 0.717) is 27.7 Å². The SMILES string of the molecule is COc1ccc2nc(-c3cnc(N)c(OC(C)c4c(Cl)ccc(F)c4Cl)c3)n(C)c2c1. The normalized spacial score (nSPS) is 12.2. The Labute approximate surface area is 188 Å². The maximum absolute atomic E-state index is 13.9. The van der Waals surface area contributed by atoms with Crippen LogP contribution in [-0.4, -0.2) is 21.6 Å². The minimum atomic E-state index is -0.667. The van der Waals surface area contributed by atoms with Gasteiger partial charge < -0.3 is 19.8 Å². The summed E-state index contributed by atoms with van der Waals surface area (Å²) in [7, 11) is 3.51. The van der Waals surface area contributed by atoms with E-state index >= 15 is 0 Å². The summed E-state index contributed by atoms with van der Waals surface area (Å²) < 4.78 is 27.1. The lowest BCUT2D eigenvalue weighted by molar-refractivity contribution is 0.227. The van der Waals surface area contributed by atoms with E-state index in [1.165, 1.54) is 12.1 Å². The molecule has 31 heavy (non-hydrogen) atoms. The zero-order chi connectivity index (χ0) is 22.3. The van der Waals surface area contributed by atoms with Gasteiger partial charge in [0.2, 0.25) is 0 Å². The maximum Gasteiger partial charge on any atom is 0.166 e. The van der Waals surface area contributed by atoms with Gasteiger partial charge in [0.05, 0.1) is 23.2 Å². The van der Waals surface area contributed by atoms with Gasteiger partial charge in [-0.2, -0.15) is 0 Å². The van der Waals surface area contributed by atoms with Gasteiger partial charge >= 0.3 is 0 Å². The van der Waals surface area contributed by atoms with Crippen LogP contribution >= 0.6 is 23.2 Å². The van der Waals surface area contributed by atoms with Crippen molar-refractivity contribution in [3.8, 4) is 22.9 Å². The molecule has 0 saturated carbocycles. The molecule has 1 atom stereocenters. The van der Waals surface area contributed by atoms with Gasteiger partial charge in [0.15, 0.2) is 11.6 Å². The highest BCUT2D eigenvalue weighted by Crippen LogP contribution is 2.37. The predicted octanol–water partition coefficient (Wildman–Crippen LogP) is 5.81. The monoisotopic (exact) mass is 460 g/mol. The number of aryl methyl sites for hydroxylation is 1. The number of rotatable bonds is 5. The minimum Gasteiger partial charge on any atom is -0.497 e. The Hall–Kier alpha value is -3.03.